The highest BCUT2D eigenvalue weighted by atomic mass is 79.9. The van der Waals surface area contributed by atoms with Crippen LogP contribution >= 0.6 is 38.2 Å². The lowest BCUT2D eigenvalue weighted by Crippen LogP contribution is -1.94. The fraction of sp³-hybridized carbons (Fsp3) is 0. The normalized spacial score (nSPS) is 11.9. The van der Waals surface area contributed by atoms with Crippen molar-refractivity contribution in [2.75, 3.05) is 0 Å². The maximum Gasteiger partial charge on any atom is 0.264 e. The predicted molar refractivity (Wildman–Crippen MR) is 67.5 cm³/mol. The van der Waals surface area contributed by atoms with E-state index < -0.39 is 9.05 Å². The summed E-state index contributed by atoms with van der Waals surface area (Å²) in [4.78, 5) is 3.80. The van der Waals surface area contributed by atoms with Crippen LogP contribution in [0.25, 0.3) is 10.9 Å². The number of pyridine rings is 1. The molecule has 0 spiro atoms. The van der Waals surface area contributed by atoms with Crippen LogP contribution in [0, 0.1) is 0 Å². The first-order valence-corrected chi connectivity index (χ1v) is 7.56. The second kappa shape index (κ2) is 4.14. The molecule has 2 rings (SSSR count). The molecule has 0 aliphatic rings. The van der Waals surface area contributed by atoms with Gasteiger partial charge >= 0.3 is 0 Å². The number of hydrogen-bond donors (Lipinski definition) is 0. The van der Waals surface area contributed by atoms with Crippen molar-refractivity contribution in [2.45, 2.75) is 4.90 Å². The molecule has 0 N–H and O–H groups in total. The maximum absolute atomic E-state index is 11.2. The van der Waals surface area contributed by atoms with Gasteiger partial charge in [-0.3, -0.25) is 4.98 Å². The Bertz CT molecular complexity index is 673. The minimum atomic E-state index is -3.88. The van der Waals surface area contributed by atoms with Gasteiger partial charge < -0.3 is 0 Å². The summed E-state index contributed by atoms with van der Waals surface area (Å²) in [5.41, 5.74) is 0.609. The highest BCUT2D eigenvalue weighted by Crippen LogP contribution is 2.32. The average Bonchev–Trinajstić information content (AvgIpc) is 2.17. The van der Waals surface area contributed by atoms with E-state index in [0.717, 1.165) is 10.7 Å². The second-order valence-corrected chi connectivity index (χ2v) is 6.86. The highest BCUT2D eigenvalue weighted by molar-refractivity contribution is 9.10. The number of aromatic nitrogens is 1. The lowest BCUT2D eigenvalue weighted by molar-refractivity contribution is 0.609. The molecule has 2 aromatic rings. The van der Waals surface area contributed by atoms with Gasteiger partial charge in [-0.2, -0.15) is 0 Å². The molecular formula is C9H4BrCl2NO2S. The fourth-order valence-electron chi connectivity index (χ4n) is 1.28. The Balaban J connectivity index is 2.89. The van der Waals surface area contributed by atoms with Crippen LogP contribution in [-0.4, -0.2) is 13.4 Å². The molecule has 0 aliphatic carbocycles. The summed E-state index contributed by atoms with van der Waals surface area (Å²) in [6.45, 7) is 0. The standard InChI is InChI=1S/C9H4BrCl2NO2S/c10-5-1-2-7-6(3-5)9(11)8(4-13-7)16(12,14)15/h1-4H. The van der Waals surface area contributed by atoms with Crippen molar-refractivity contribution in [2.24, 2.45) is 0 Å². The van der Waals surface area contributed by atoms with E-state index in [-0.39, 0.29) is 9.92 Å². The monoisotopic (exact) mass is 339 g/mol. The molecule has 0 radical (unpaired) electrons. The van der Waals surface area contributed by atoms with Gasteiger partial charge in [-0.25, -0.2) is 8.42 Å². The average molecular weight is 341 g/mol. The summed E-state index contributed by atoms with van der Waals surface area (Å²) in [6, 6.07) is 5.21. The molecule has 84 valence electrons. The molecule has 0 unspecified atom stereocenters. The Labute approximate surface area is 110 Å². The summed E-state index contributed by atoms with van der Waals surface area (Å²) < 4.78 is 23.2. The van der Waals surface area contributed by atoms with Crippen LogP contribution in [0.4, 0.5) is 0 Å². The van der Waals surface area contributed by atoms with Crippen molar-refractivity contribution in [3.8, 4) is 0 Å². The number of benzene rings is 1. The van der Waals surface area contributed by atoms with Gasteiger partial charge in [0.15, 0.2) is 0 Å². The predicted octanol–water partition coefficient (Wildman–Crippen LogP) is 3.58. The van der Waals surface area contributed by atoms with Gasteiger partial charge in [0.05, 0.1) is 10.5 Å². The topological polar surface area (TPSA) is 47.0 Å². The molecule has 0 atom stereocenters. The van der Waals surface area contributed by atoms with Crippen molar-refractivity contribution in [1.29, 1.82) is 0 Å². The van der Waals surface area contributed by atoms with Crippen LogP contribution in [0.3, 0.4) is 0 Å². The van der Waals surface area contributed by atoms with Crippen LogP contribution in [0.1, 0.15) is 0 Å². The molecule has 1 aromatic heterocycles. The molecular weight excluding hydrogens is 337 g/mol. The number of nitrogens with zero attached hydrogens (tertiary/aromatic N) is 1. The van der Waals surface area contributed by atoms with Gasteiger partial charge in [-0.15, -0.1) is 0 Å². The molecule has 0 amide bonds. The smallest absolute Gasteiger partial charge is 0.255 e. The Hall–Kier alpha value is -0.360. The van der Waals surface area contributed by atoms with E-state index in [0.29, 0.717) is 10.9 Å². The lowest BCUT2D eigenvalue weighted by atomic mass is 10.2. The third kappa shape index (κ3) is 2.18. The van der Waals surface area contributed by atoms with E-state index in [1.807, 2.05) is 0 Å². The zero-order valence-electron chi connectivity index (χ0n) is 7.62. The number of fused-ring (bicyclic) bond motifs is 1. The minimum absolute atomic E-state index is 0.0845. The maximum atomic E-state index is 11.2. The Morgan fingerprint density at radius 2 is 2.00 bits per heavy atom. The summed E-state index contributed by atoms with van der Waals surface area (Å²) in [7, 11) is 1.36. The van der Waals surface area contributed by atoms with E-state index in [9.17, 15) is 8.42 Å². The van der Waals surface area contributed by atoms with Gasteiger partial charge in [0.25, 0.3) is 9.05 Å². The van der Waals surface area contributed by atoms with Crippen LogP contribution in [-0.2, 0) is 9.05 Å². The first kappa shape index (κ1) is 12.1. The molecule has 0 saturated heterocycles. The zero-order valence-corrected chi connectivity index (χ0v) is 11.5. The van der Waals surface area contributed by atoms with Crippen LogP contribution in [0.5, 0.6) is 0 Å². The van der Waals surface area contributed by atoms with E-state index in [1.54, 1.807) is 18.2 Å². The number of hydrogen-bond acceptors (Lipinski definition) is 3. The minimum Gasteiger partial charge on any atom is -0.255 e. The van der Waals surface area contributed by atoms with Gasteiger partial charge in [-0.1, -0.05) is 27.5 Å². The third-order valence-electron chi connectivity index (χ3n) is 1.99. The molecule has 1 aromatic carbocycles. The molecule has 0 aliphatic heterocycles. The van der Waals surface area contributed by atoms with Crippen molar-refractivity contribution >= 4 is 58.2 Å². The molecule has 0 bridgehead atoms. The van der Waals surface area contributed by atoms with Gasteiger partial charge in [0.2, 0.25) is 0 Å². The Kier molecular flexibility index (Phi) is 3.13. The number of rotatable bonds is 1. The zero-order chi connectivity index (χ0) is 11.9. The Morgan fingerprint density at radius 3 is 2.62 bits per heavy atom. The van der Waals surface area contributed by atoms with Gasteiger partial charge in [0, 0.05) is 26.7 Å². The SMILES string of the molecule is O=S(=O)(Cl)c1cnc2ccc(Br)cc2c1Cl. The van der Waals surface area contributed by atoms with Crippen LogP contribution < -0.4 is 0 Å². The molecule has 3 nitrogen and oxygen atoms in total. The van der Waals surface area contributed by atoms with E-state index >= 15 is 0 Å². The third-order valence-corrected chi connectivity index (χ3v) is 4.34. The molecule has 7 heteroatoms. The van der Waals surface area contributed by atoms with Gasteiger partial charge in [-0.05, 0) is 18.2 Å². The van der Waals surface area contributed by atoms with Crippen LogP contribution in [0.2, 0.25) is 5.02 Å². The van der Waals surface area contributed by atoms with Crippen molar-refractivity contribution in [1.82, 2.24) is 4.98 Å². The van der Waals surface area contributed by atoms with Crippen molar-refractivity contribution in [3.63, 3.8) is 0 Å². The largest absolute Gasteiger partial charge is 0.264 e. The molecule has 0 fully saturated rings. The van der Waals surface area contributed by atoms with Crippen molar-refractivity contribution < 1.29 is 8.42 Å². The first-order valence-electron chi connectivity index (χ1n) is 4.08. The van der Waals surface area contributed by atoms with E-state index in [4.69, 9.17) is 22.3 Å². The summed E-state index contributed by atoms with van der Waals surface area (Å²) in [6.07, 6.45) is 1.15. The molecule has 0 saturated carbocycles. The quantitative estimate of drug-likeness (QED) is 0.745. The highest BCUT2D eigenvalue weighted by Gasteiger charge is 2.17. The lowest BCUT2D eigenvalue weighted by Gasteiger charge is -2.04. The summed E-state index contributed by atoms with van der Waals surface area (Å²) in [5.74, 6) is 0. The number of halogens is 3. The summed E-state index contributed by atoms with van der Waals surface area (Å²) >= 11 is 9.25. The fourth-order valence-corrected chi connectivity index (χ4v) is 3.12. The summed E-state index contributed by atoms with van der Waals surface area (Å²) in [5, 5.41) is 0.624. The first-order chi connectivity index (χ1) is 7.39. The van der Waals surface area contributed by atoms with Gasteiger partial charge in [0.1, 0.15) is 4.90 Å². The molecule has 1 heterocycles. The van der Waals surface area contributed by atoms with Crippen LogP contribution in [0.15, 0.2) is 33.8 Å². The van der Waals surface area contributed by atoms with E-state index in [2.05, 4.69) is 20.9 Å². The van der Waals surface area contributed by atoms with Crippen molar-refractivity contribution in [3.05, 3.63) is 33.9 Å². The van der Waals surface area contributed by atoms with E-state index in [1.165, 1.54) is 0 Å². The Morgan fingerprint density at radius 1 is 1.31 bits per heavy atom. The molecule has 16 heavy (non-hydrogen) atoms. The second-order valence-electron chi connectivity index (χ2n) is 3.04.